The number of hydrogen-bond donors (Lipinski definition) is 1. The number of aromatic nitrogens is 1. The highest BCUT2D eigenvalue weighted by Crippen LogP contribution is 2.46. The summed E-state index contributed by atoms with van der Waals surface area (Å²) in [6.07, 6.45) is 1.74. The molecule has 1 N–H and O–H groups in total. The molecule has 238 valence electrons. The molecule has 0 aliphatic carbocycles. The Kier molecular flexibility index (Phi) is 8.85. The summed E-state index contributed by atoms with van der Waals surface area (Å²) in [4.78, 5) is 60.6. The predicted octanol–water partition coefficient (Wildman–Crippen LogP) is 3.15. The van der Waals surface area contributed by atoms with Gasteiger partial charge in [0.15, 0.2) is 11.3 Å². The van der Waals surface area contributed by atoms with Gasteiger partial charge in [0.2, 0.25) is 18.0 Å². The summed E-state index contributed by atoms with van der Waals surface area (Å²) >= 11 is 0. The fraction of sp³-hybridized carbons (Fsp3) is 0.483. The minimum Gasteiger partial charge on any atom is -0.451 e. The first-order chi connectivity index (χ1) is 21.0. The topological polar surface area (TPSA) is 147 Å². The highest BCUT2D eigenvalue weighted by atomic mass is 19.1. The van der Waals surface area contributed by atoms with Crippen LogP contribution in [0.3, 0.4) is 0 Å². The van der Waals surface area contributed by atoms with Crippen LogP contribution in [0.5, 0.6) is 5.75 Å². The predicted molar refractivity (Wildman–Crippen MR) is 150 cm³/mol. The first-order valence-corrected chi connectivity index (χ1v) is 14.0. The zero-order valence-corrected chi connectivity index (χ0v) is 24.4. The van der Waals surface area contributed by atoms with Crippen LogP contribution in [-0.4, -0.2) is 78.5 Å². The Morgan fingerprint density at radius 2 is 2.02 bits per heavy atom. The van der Waals surface area contributed by atoms with Gasteiger partial charge < -0.3 is 38.6 Å². The quantitative estimate of drug-likeness (QED) is 0.254. The molecule has 2 aromatic rings. The summed E-state index contributed by atoms with van der Waals surface area (Å²) in [6, 6.07) is 2.10. The smallest absolute Gasteiger partial charge is 0.451 e. The summed E-state index contributed by atoms with van der Waals surface area (Å²) in [7, 11) is 1.42. The molecule has 3 atom stereocenters. The molecule has 1 saturated heterocycles. The Morgan fingerprint density at radius 3 is 2.73 bits per heavy atom. The van der Waals surface area contributed by atoms with E-state index in [2.05, 4.69) is 10.5 Å². The Bertz CT molecular complexity index is 1570. The number of nitrogens with one attached hydrogen (secondary N) is 1. The Balaban J connectivity index is 0.00000461. The van der Waals surface area contributed by atoms with Crippen LogP contribution in [0.4, 0.5) is 13.6 Å². The number of carbonyl (C=O) groups is 3. The first kappa shape index (κ1) is 30.9. The van der Waals surface area contributed by atoms with Crippen molar-refractivity contribution < 1.29 is 48.4 Å². The van der Waals surface area contributed by atoms with E-state index in [-0.39, 0.29) is 45.0 Å². The molecular formula is C29H34F2N4O9. The van der Waals surface area contributed by atoms with Crippen molar-refractivity contribution in [1.29, 1.82) is 0 Å². The number of nitrogens with zero attached hydrogens (tertiary/aromatic N) is 3. The van der Waals surface area contributed by atoms with E-state index >= 15 is 0 Å². The Hall–Kier alpha value is -4.53. The maximum atomic E-state index is 14.2. The molecule has 44 heavy (non-hydrogen) atoms. The molecule has 1 fully saturated rings. The third-order valence-electron chi connectivity index (χ3n) is 8.01. The molecule has 1 spiro atoms. The highest BCUT2D eigenvalue weighted by molar-refractivity contribution is 5.99. The average Bonchev–Trinajstić information content (AvgIpc) is 3.32. The molecule has 4 heterocycles. The van der Waals surface area contributed by atoms with Gasteiger partial charge in [-0.3, -0.25) is 14.4 Å². The molecule has 0 radical (unpaired) electrons. The number of oxime groups is 1. The number of hydrogen-bond acceptors (Lipinski definition) is 10. The van der Waals surface area contributed by atoms with Crippen molar-refractivity contribution in [3.05, 3.63) is 63.1 Å². The number of rotatable bonds is 9. The fourth-order valence-electron chi connectivity index (χ4n) is 5.73. The van der Waals surface area contributed by atoms with Gasteiger partial charge in [0.05, 0.1) is 18.4 Å². The van der Waals surface area contributed by atoms with Gasteiger partial charge in [-0.1, -0.05) is 11.2 Å². The van der Waals surface area contributed by atoms with E-state index in [1.54, 1.807) is 4.90 Å². The summed E-state index contributed by atoms with van der Waals surface area (Å²) < 4.78 is 49.2. The SMILES string of the molecule is COCCOC(=O)OCOc1c2n(cc(C(=O)NCc3ccc(F)cc3F)c1=O)[C@@H]1CN(C2=O)[C@@H](C)CC[C@]12CC(C)=NO2.[HH]. The molecule has 13 nitrogen and oxygen atoms in total. The zero-order valence-electron chi connectivity index (χ0n) is 24.4. The minimum absolute atomic E-state index is 0. The van der Waals surface area contributed by atoms with Crippen LogP contribution in [0.2, 0.25) is 0 Å². The Morgan fingerprint density at radius 1 is 1.23 bits per heavy atom. The van der Waals surface area contributed by atoms with Crippen molar-refractivity contribution in [2.75, 3.05) is 33.7 Å². The van der Waals surface area contributed by atoms with Gasteiger partial charge in [0.25, 0.3) is 11.8 Å². The number of halogens is 2. The van der Waals surface area contributed by atoms with Crippen LogP contribution in [0.15, 0.2) is 34.3 Å². The molecule has 1 aromatic carbocycles. The van der Waals surface area contributed by atoms with Crippen LogP contribution in [-0.2, 0) is 25.6 Å². The third kappa shape index (κ3) is 5.96. The minimum atomic E-state index is -1.10. The third-order valence-corrected chi connectivity index (χ3v) is 8.01. The van der Waals surface area contributed by atoms with Gasteiger partial charge in [0.1, 0.15) is 23.8 Å². The van der Waals surface area contributed by atoms with Crippen LogP contribution >= 0.6 is 0 Å². The van der Waals surface area contributed by atoms with Crippen LogP contribution in [0.1, 0.15) is 67.0 Å². The van der Waals surface area contributed by atoms with E-state index in [0.717, 1.165) is 11.8 Å². The lowest BCUT2D eigenvalue weighted by Gasteiger charge is -2.42. The number of methoxy groups -OCH3 is 1. The monoisotopic (exact) mass is 620 g/mol. The standard InChI is InChI=1S/C29H32F2N4O9.H2/c1-16-11-29(44-33-16)7-6-17(2)34-14-22(29)35-13-20(26(37)32-12-18-4-5-19(30)10-21(18)31)24(36)25(23(35)27(34)38)42-15-43-28(39)41-9-8-40-3;/h4-5,10,13,17,22H,6-9,11-12,14-15H2,1-3H3,(H,32,37);1H/t17-,22+,29-;/m0./s1. The fourth-order valence-corrected chi connectivity index (χ4v) is 5.73. The first-order valence-electron chi connectivity index (χ1n) is 14.0. The zero-order chi connectivity index (χ0) is 31.6. The molecule has 2 bridgehead atoms. The number of fused-ring (bicyclic) bond motifs is 5. The van der Waals surface area contributed by atoms with Crippen molar-refractivity contribution in [3.63, 3.8) is 0 Å². The maximum Gasteiger partial charge on any atom is 0.511 e. The Labute approximate surface area is 252 Å². The molecule has 0 unspecified atom stereocenters. The molecule has 3 aliphatic rings. The molecule has 3 aliphatic heterocycles. The molecule has 1 aromatic heterocycles. The summed E-state index contributed by atoms with van der Waals surface area (Å²) in [5.41, 5.74) is -1.66. The summed E-state index contributed by atoms with van der Waals surface area (Å²) in [5, 5.41) is 6.65. The van der Waals surface area contributed by atoms with E-state index in [4.69, 9.17) is 23.8 Å². The van der Waals surface area contributed by atoms with Crippen LogP contribution in [0, 0.1) is 11.6 Å². The second-order valence-electron chi connectivity index (χ2n) is 10.9. The summed E-state index contributed by atoms with van der Waals surface area (Å²) in [6.45, 7) is 2.80. The van der Waals surface area contributed by atoms with E-state index in [1.165, 1.54) is 23.9 Å². The lowest BCUT2D eigenvalue weighted by atomic mass is 9.84. The summed E-state index contributed by atoms with van der Waals surface area (Å²) in [5.74, 6) is -3.59. The van der Waals surface area contributed by atoms with Crippen LogP contribution < -0.4 is 15.5 Å². The second kappa shape index (κ2) is 12.6. The van der Waals surface area contributed by atoms with Gasteiger partial charge in [0, 0.05) is 51.9 Å². The number of ether oxygens (including phenoxy) is 4. The molecule has 2 amide bonds. The molecule has 5 rings (SSSR count). The van der Waals surface area contributed by atoms with Gasteiger partial charge in [-0.25, -0.2) is 13.6 Å². The lowest BCUT2D eigenvalue weighted by Crippen LogP contribution is -2.52. The van der Waals surface area contributed by atoms with E-state index in [1.807, 2.05) is 13.8 Å². The molecule has 15 heteroatoms. The largest absolute Gasteiger partial charge is 0.511 e. The van der Waals surface area contributed by atoms with Crippen molar-refractivity contribution in [3.8, 4) is 5.75 Å². The van der Waals surface area contributed by atoms with Gasteiger partial charge in [-0.15, -0.1) is 0 Å². The molecular weight excluding hydrogens is 586 g/mol. The van der Waals surface area contributed by atoms with Crippen molar-refractivity contribution >= 4 is 23.7 Å². The lowest BCUT2D eigenvalue weighted by molar-refractivity contribution is -0.0658. The van der Waals surface area contributed by atoms with E-state index in [9.17, 15) is 28.0 Å². The van der Waals surface area contributed by atoms with Gasteiger partial charge in [-0.2, -0.15) is 0 Å². The number of carbonyl (C=O) groups excluding carboxylic acids is 3. The average molecular weight is 621 g/mol. The maximum absolute atomic E-state index is 14.2. The molecule has 0 saturated carbocycles. The highest BCUT2D eigenvalue weighted by Gasteiger charge is 2.54. The van der Waals surface area contributed by atoms with Crippen LogP contribution in [0.25, 0.3) is 0 Å². The number of benzene rings is 1. The van der Waals surface area contributed by atoms with Gasteiger partial charge >= 0.3 is 6.16 Å². The van der Waals surface area contributed by atoms with E-state index < -0.39 is 64.8 Å². The normalized spacial score (nSPS) is 22.1. The van der Waals surface area contributed by atoms with Crippen molar-refractivity contribution in [2.24, 2.45) is 5.16 Å². The number of pyridine rings is 1. The van der Waals surface area contributed by atoms with E-state index in [0.29, 0.717) is 25.3 Å². The number of amides is 2. The van der Waals surface area contributed by atoms with Crippen molar-refractivity contribution in [2.45, 2.75) is 57.3 Å². The second-order valence-corrected chi connectivity index (χ2v) is 10.9. The van der Waals surface area contributed by atoms with Crippen molar-refractivity contribution in [1.82, 2.24) is 14.8 Å². The van der Waals surface area contributed by atoms with Gasteiger partial charge in [-0.05, 0) is 32.8 Å².